The average molecular weight is 259 g/mol. The molecule has 0 unspecified atom stereocenters. The largest absolute Gasteiger partial charge is 0.481 e. The number of hydrogen-bond acceptors (Lipinski definition) is 2. The summed E-state index contributed by atoms with van der Waals surface area (Å²) >= 11 is 3.37. The minimum absolute atomic E-state index is 0.147. The van der Waals surface area contributed by atoms with Crippen molar-refractivity contribution in [3.8, 4) is 0 Å². The Morgan fingerprint density at radius 3 is 3.00 bits per heavy atom. The smallest absolute Gasteiger partial charge is 0.305 e. The van der Waals surface area contributed by atoms with Crippen LogP contribution < -0.4 is 0 Å². The molecule has 5 heteroatoms. The Morgan fingerprint density at radius 2 is 2.43 bits per heavy atom. The molecule has 1 aromatic rings. The molecule has 0 saturated heterocycles. The number of imidazole rings is 1. The zero-order chi connectivity index (χ0) is 10.1. The lowest BCUT2D eigenvalue weighted by Crippen LogP contribution is -2.07. The van der Waals surface area contributed by atoms with Crippen LogP contribution in [0.3, 0.4) is 0 Å². The van der Waals surface area contributed by atoms with Gasteiger partial charge in [0.2, 0.25) is 0 Å². The van der Waals surface area contributed by atoms with Crippen molar-refractivity contribution in [3.05, 3.63) is 16.6 Å². The lowest BCUT2D eigenvalue weighted by molar-refractivity contribution is -0.137. The predicted molar refractivity (Wildman–Crippen MR) is 54.2 cm³/mol. The molecule has 0 amide bonds. The number of aromatic nitrogens is 2. The Morgan fingerprint density at radius 1 is 1.71 bits per heavy atom. The molecule has 76 valence electrons. The van der Waals surface area contributed by atoms with Crippen LogP contribution in [0, 0.1) is 0 Å². The molecule has 0 bridgehead atoms. The summed E-state index contributed by atoms with van der Waals surface area (Å²) in [6, 6.07) is 0. The van der Waals surface area contributed by atoms with Gasteiger partial charge in [-0.25, -0.2) is 4.98 Å². The highest BCUT2D eigenvalue weighted by Crippen LogP contribution is 2.40. The van der Waals surface area contributed by atoms with Crippen LogP contribution in [0.25, 0.3) is 0 Å². The number of nitrogens with zero attached hydrogens (tertiary/aromatic N) is 2. The van der Waals surface area contributed by atoms with Crippen LogP contribution in [0.4, 0.5) is 0 Å². The van der Waals surface area contributed by atoms with E-state index in [0.29, 0.717) is 12.5 Å². The minimum Gasteiger partial charge on any atom is -0.481 e. The van der Waals surface area contributed by atoms with E-state index in [2.05, 4.69) is 20.9 Å². The van der Waals surface area contributed by atoms with Crippen LogP contribution in [-0.4, -0.2) is 20.6 Å². The van der Waals surface area contributed by atoms with Gasteiger partial charge < -0.3 is 9.67 Å². The van der Waals surface area contributed by atoms with Gasteiger partial charge in [-0.2, -0.15) is 0 Å². The quantitative estimate of drug-likeness (QED) is 0.899. The van der Waals surface area contributed by atoms with Gasteiger partial charge in [0.05, 0.1) is 12.6 Å². The van der Waals surface area contributed by atoms with Gasteiger partial charge in [-0.15, -0.1) is 0 Å². The molecule has 14 heavy (non-hydrogen) atoms. The zero-order valence-electron chi connectivity index (χ0n) is 7.61. The first-order valence-corrected chi connectivity index (χ1v) is 5.40. The van der Waals surface area contributed by atoms with E-state index < -0.39 is 5.97 Å². The first-order chi connectivity index (χ1) is 6.68. The van der Waals surface area contributed by atoms with E-state index >= 15 is 0 Å². The van der Waals surface area contributed by atoms with Crippen LogP contribution in [-0.2, 0) is 11.3 Å². The topological polar surface area (TPSA) is 55.1 Å². The van der Waals surface area contributed by atoms with E-state index in [-0.39, 0.29) is 6.42 Å². The van der Waals surface area contributed by atoms with Gasteiger partial charge in [-0.3, -0.25) is 4.79 Å². The summed E-state index contributed by atoms with van der Waals surface area (Å²) in [6.07, 6.45) is 4.25. The Hall–Kier alpha value is -0.840. The molecule has 1 aliphatic rings. The minimum atomic E-state index is -0.771. The number of rotatable bonds is 4. The van der Waals surface area contributed by atoms with Crippen LogP contribution >= 0.6 is 15.9 Å². The molecule has 2 rings (SSSR count). The molecule has 1 saturated carbocycles. The fraction of sp³-hybridized carbons (Fsp3) is 0.556. The van der Waals surface area contributed by atoms with E-state index in [1.807, 2.05) is 4.57 Å². The summed E-state index contributed by atoms with van der Waals surface area (Å²) < 4.78 is 2.83. The summed E-state index contributed by atoms with van der Waals surface area (Å²) in [5.41, 5.74) is 0. The van der Waals surface area contributed by atoms with Crippen molar-refractivity contribution in [1.82, 2.24) is 9.55 Å². The summed E-state index contributed by atoms with van der Waals surface area (Å²) in [6.45, 7) is 0.502. The highest BCUT2D eigenvalue weighted by molar-refractivity contribution is 9.10. The van der Waals surface area contributed by atoms with Gasteiger partial charge >= 0.3 is 5.97 Å². The molecule has 1 N–H and O–H groups in total. The summed E-state index contributed by atoms with van der Waals surface area (Å²) in [7, 11) is 0. The van der Waals surface area contributed by atoms with Gasteiger partial charge in [0, 0.05) is 12.5 Å². The van der Waals surface area contributed by atoms with Gasteiger partial charge in [0.15, 0.2) is 0 Å². The molecule has 0 spiro atoms. The monoisotopic (exact) mass is 258 g/mol. The first-order valence-electron chi connectivity index (χ1n) is 4.61. The maximum atomic E-state index is 10.5. The Kier molecular flexibility index (Phi) is 2.58. The van der Waals surface area contributed by atoms with E-state index in [0.717, 1.165) is 10.4 Å². The third-order valence-electron chi connectivity index (χ3n) is 2.33. The van der Waals surface area contributed by atoms with Gasteiger partial charge in [-0.1, -0.05) is 0 Å². The number of halogens is 1. The molecule has 0 atom stereocenters. The van der Waals surface area contributed by atoms with Crippen LogP contribution in [0.15, 0.2) is 10.8 Å². The fourth-order valence-corrected chi connectivity index (χ4v) is 1.93. The molecule has 0 aliphatic heterocycles. The lowest BCUT2D eigenvalue weighted by Gasteiger charge is -2.06. The average Bonchev–Trinajstić information content (AvgIpc) is 2.88. The van der Waals surface area contributed by atoms with Crippen molar-refractivity contribution in [3.63, 3.8) is 0 Å². The molecular weight excluding hydrogens is 248 g/mol. The summed E-state index contributed by atoms with van der Waals surface area (Å²) in [4.78, 5) is 14.7. The lowest BCUT2D eigenvalue weighted by atomic mass is 10.3. The predicted octanol–water partition coefficient (Wildman–Crippen LogP) is 2.00. The third-order valence-corrected chi connectivity index (χ3v) is 2.96. The fourth-order valence-electron chi connectivity index (χ4n) is 1.46. The highest BCUT2D eigenvalue weighted by Gasteiger charge is 2.28. The van der Waals surface area contributed by atoms with Gasteiger partial charge in [0.25, 0.3) is 0 Å². The second-order valence-electron chi connectivity index (χ2n) is 3.51. The molecule has 0 radical (unpaired) electrons. The molecular formula is C9H11BrN2O2. The van der Waals surface area contributed by atoms with E-state index in [9.17, 15) is 4.79 Å². The maximum absolute atomic E-state index is 10.5. The second kappa shape index (κ2) is 3.73. The Bertz CT molecular complexity index is 358. The van der Waals surface area contributed by atoms with E-state index in [1.165, 1.54) is 12.8 Å². The van der Waals surface area contributed by atoms with Crippen molar-refractivity contribution in [2.75, 3.05) is 0 Å². The number of carboxylic acids is 1. The molecule has 4 nitrogen and oxygen atoms in total. The number of hydrogen-bond donors (Lipinski definition) is 1. The van der Waals surface area contributed by atoms with E-state index in [1.54, 1.807) is 6.20 Å². The standard InChI is InChI=1S/C9H11BrN2O2/c10-7-5-11-9(6-1-2-6)12(7)4-3-8(13)14/h5-6H,1-4H2,(H,13,14). The molecule has 1 fully saturated rings. The third kappa shape index (κ3) is 1.97. The van der Waals surface area contributed by atoms with Crippen LogP contribution in [0.5, 0.6) is 0 Å². The van der Waals surface area contributed by atoms with Gasteiger partial charge in [-0.05, 0) is 28.8 Å². The van der Waals surface area contributed by atoms with Crippen molar-refractivity contribution in [1.29, 1.82) is 0 Å². The van der Waals surface area contributed by atoms with Gasteiger partial charge in [0.1, 0.15) is 10.4 Å². The first kappa shape index (κ1) is 9.71. The Balaban J connectivity index is 2.13. The van der Waals surface area contributed by atoms with Crippen molar-refractivity contribution in [2.45, 2.75) is 31.7 Å². The van der Waals surface area contributed by atoms with Crippen molar-refractivity contribution in [2.24, 2.45) is 0 Å². The normalized spacial score (nSPS) is 15.8. The number of aliphatic carboxylic acids is 1. The molecule has 1 aliphatic carbocycles. The second-order valence-corrected chi connectivity index (χ2v) is 4.32. The zero-order valence-corrected chi connectivity index (χ0v) is 9.20. The SMILES string of the molecule is O=C(O)CCn1c(Br)cnc1C1CC1. The molecule has 0 aromatic carbocycles. The molecule has 1 aromatic heterocycles. The maximum Gasteiger partial charge on any atom is 0.305 e. The summed E-state index contributed by atoms with van der Waals surface area (Å²) in [5, 5.41) is 8.60. The number of carbonyl (C=O) groups is 1. The highest BCUT2D eigenvalue weighted by atomic mass is 79.9. The van der Waals surface area contributed by atoms with Crippen molar-refractivity contribution < 1.29 is 9.90 Å². The number of carboxylic acid groups (broad SMARTS) is 1. The molecule has 1 heterocycles. The Labute approximate surface area is 90.1 Å². The van der Waals surface area contributed by atoms with Crippen LogP contribution in [0.1, 0.15) is 31.0 Å². The van der Waals surface area contributed by atoms with Crippen LogP contribution in [0.2, 0.25) is 0 Å². The summed E-state index contributed by atoms with van der Waals surface area (Å²) in [5.74, 6) is 0.806. The van der Waals surface area contributed by atoms with E-state index in [4.69, 9.17) is 5.11 Å². The van der Waals surface area contributed by atoms with Crippen molar-refractivity contribution >= 4 is 21.9 Å².